The Labute approximate surface area is 155 Å². The Hall–Kier alpha value is -2.78. The van der Waals surface area contributed by atoms with Crippen LogP contribution in [0.4, 0.5) is 0 Å². The minimum absolute atomic E-state index is 0.0688. The Morgan fingerprint density at radius 2 is 2.04 bits per heavy atom. The van der Waals surface area contributed by atoms with Crippen LogP contribution in [-0.4, -0.2) is 63.8 Å². The van der Waals surface area contributed by atoms with Gasteiger partial charge in [0.15, 0.2) is 0 Å². The first-order chi connectivity index (χ1) is 13.0. The molecule has 0 saturated carbocycles. The largest absolute Gasteiger partial charge is 0.390 e. The number of aromatic nitrogens is 1. The predicted octanol–water partition coefficient (Wildman–Crippen LogP) is -1.37. The van der Waals surface area contributed by atoms with Gasteiger partial charge in [0.2, 0.25) is 11.8 Å². The molecule has 9 nitrogen and oxygen atoms in total. The van der Waals surface area contributed by atoms with Crippen LogP contribution in [0.1, 0.15) is 29.6 Å². The van der Waals surface area contributed by atoms with Crippen LogP contribution in [-0.2, 0) is 9.59 Å². The quantitative estimate of drug-likeness (QED) is 0.440. The molecule has 3 amide bonds. The molecule has 3 rings (SSSR count). The van der Waals surface area contributed by atoms with E-state index in [1.807, 2.05) is 0 Å². The number of amides is 3. The van der Waals surface area contributed by atoms with Crippen LogP contribution in [0.15, 0.2) is 36.2 Å². The van der Waals surface area contributed by atoms with Gasteiger partial charge in [-0.1, -0.05) is 6.08 Å². The SMILES string of the molecule is O=C(N[C@H]1CCCNC1=O)C1=C[C@@H](NC(=O)c2cccnc2)[C@@H](O)[C@H](O)C1. The van der Waals surface area contributed by atoms with Crippen molar-refractivity contribution in [3.63, 3.8) is 0 Å². The van der Waals surface area contributed by atoms with Crippen LogP contribution in [0.2, 0.25) is 0 Å². The fourth-order valence-electron chi connectivity index (χ4n) is 3.16. The third-order valence-electron chi connectivity index (χ3n) is 4.68. The molecular weight excluding hydrogens is 352 g/mol. The molecule has 144 valence electrons. The number of carbonyl (C=O) groups is 3. The lowest BCUT2D eigenvalue weighted by Gasteiger charge is -2.31. The summed E-state index contributed by atoms with van der Waals surface area (Å²) in [6.45, 7) is 0.585. The monoisotopic (exact) mass is 374 g/mol. The van der Waals surface area contributed by atoms with Gasteiger partial charge in [-0.25, -0.2) is 0 Å². The normalized spacial score (nSPS) is 27.9. The molecule has 27 heavy (non-hydrogen) atoms. The number of aliphatic hydroxyl groups is 2. The zero-order valence-corrected chi connectivity index (χ0v) is 14.6. The summed E-state index contributed by atoms with van der Waals surface area (Å²) in [5.41, 5.74) is 0.505. The Bertz CT molecular complexity index is 751. The van der Waals surface area contributed by atoms with Crippen molar-refractivity contribution in [3.05, 3.63) is 41.7 Å². The summed E-state index contributed by atoms with van der Waals surface area (Å²) in [6.07, 6.45) is 3.09. The first-order valence-electron chi connectivity index (χ1n) is 8.82. The summed E-state index contributed by atoms with van der Waals surface area (Å²) in [4.78, 5) is 40.4. The summed E-state index contributed by atoms with van der Waals surface area (Å²) in [6, 6.07) is 1.60. The van der Waals surface area contributed by atoms with Gasteiger partial charge in [0.05, 0.1) is 17.7 Å². The first kappa shape index (κ1) is 19.0. The third kappa shape index (κ3) is 4.50. The first-order valence-corrected chi connectivity index (χ1v) is 8.82. The number of rotatable bonds is 4. The predicted molar refractivity (Wildman–Crippen MR) is 94.4 cm³/mol. The number of aliphatic hydroxyl groups excluding tert-OH is 2. The fraction of sp³-hybridized carbons (Fsp3) is 0.444. The molecule has 1 aliphatic carbocycles. The number of pyridine rings is 1. The molecule has 0 spiro atoms. The lowest BCUT2D eigenvalue weighted by molar-refractivity contribution is -0.129. The highest BCUT2D eigenvalue weighted by molar-refractivity contribution is 5.98. The van der Waals surface area contributed by atoms with Gasteiger partial charge in [0, 0.05) is 30.9 Å². The average molecular weight is 374 g/mol. The van der Waals surface area contributed by atoms with Gasteiger partial charge in [0.1, 0.15) is 12.1 Å². The van der Waals surface area contributed by atoms with Crippen LogP contribution < -0.4 is 16.0 Å². The maximum absolute atomic E-state index is 12.5. The molecule has 1 saturated heterocycles. The van der Waals surface area contributed by atoms with Gasteiger partial charge in [0.25, 0.3) is 5.91 Å². The van der Waals surface area contributed by atoms with Gasteiger partial charge in [-0.05, 0) is 25.0 Å². The van der Waals surface area contributed by atoms with E-state index < -0.39 is 36.1 Å². The number of nitrogens with one attached hydrogen (secondary N) is 3. The van der Waals surface area contributed by atoms with Gasteiger partial charge < -0.3 is 26.2 Å². The molecule has 1 fully saturated rings. The fourth-order valence-corrected chi connectivity index (χ4v) is 3.16. The zero-order chi connectivity index (χ0) is 19.4. The lowest BCUT2D eigenvalue weighted by Crippen LogP contribution is -2.53. The summed E-state index contributed by atoms with van der Waals surface area (Å²) < 4.78 is 0. The molecule has 4 atom stereocenters. The topological polar surface area (TPSA) is 141 Å². The Morgan fingerprint density at radius 1 is 1.22 bits per heavy atom. The van der Waals surface area contributed by atoms with Crippen molar-refractivity contribution in [2.24, 2.45) is 0 Å². The number of carbonyl (C=O) groups excluding carboxylic acids is 3. The lowest BCUT2D eigenvalue weighted by atomic mass is 9.89. The van der Waals surface area contributed by atoms with E-state index in [4.69, 9.17) is 0 Å². The van der Waals surface area contributed by atoms with Crippen molar-refractivity contribution in [2.75, 3.05) is 6.54 Å². The summed E-state index contributed by atoms with van der Waals surface area (Å²) in [5.74, 6) is -1.22. The van der Waals surface area contributed by atoms with E-state index >= 15 is 0 Å². The molecule has 9 heteroatoms. The van der Waals surface area contributed by atoms with Crippen LogP contribution in [0.3, 0.4) is 0 Å². The van der Waals surface area contributed by atoms with E-state index in [1.54, 1.807) is 12.1 Å². The summed E-state index contributed by atoms with van der Waals surface area (Å²) in [7, 11) is 0. The van der Waals surface area contributed by atoms with Gasteiger partial charge in [-0.15, -0.1) is 0 Å². The van der Waals surface area contributed by atoms with E-state index in [2.05, 4.69) is 20.9 Å². The van der Waals surface area contributed by atoms with Gasteiger partial charge in [-0.2, -0.15) is 0 Å². The van der Waals surface area contributed by atoms with Crippen LogP contribution in [0.5, 0.6) is 0 Å². The zero-order valence-electron chi connectivity index (χ0n) is 14.6. The van der Waals surface area contributed by atoms with Crippen molar-refractivity contribution < 1.29 is 24.6 Å². The highest BCUT2D eigenvalue weighted by Crippen LogP contribution is 2.21. The maximum Gasteiger partial charge on any atom is 0.253 e. The number of piperidine rings is 1. The minimum Gasteiger partial charge on any atom is -0.390 e. The van der Waals surface area contributed by atoms with Crippen molar-refractivity contribution >= 4 is 17.7 Å². The minimum atomic E-state index is -1.25. The molecule has 1 aliphatic heterocycles. The molecule has 2 heterocycles. The molecule has 2 aliphatic rings. The molecule has 5 N–H and O–H groups in total. The van der Waals surface area contributed by atoms with Crippen LogP contribution >= 0.6 is 0 Å². The molecule has 1 aromatic rings. The molecule has 0 unspecified atom stereocenters. The van der Waals surface area contributed by atoms with E-state index in [0.717, 1.165) is 6.42 Å². The smallest absolute Gasteiger partial charge is 0.253 e. The second-order valence-corrected chi connectivity index (χ2v) is 6.65. The molecular formula is C18H22N4O5. The van der Waals surface area contributed by atoms with Crippen molar-refractivity contribution in [2.45, 2.75) is 43.6 Å². The highest BCUT2D eigenvalue weighted by atomic mass is 16.3. The van der Waals surface area contributed by atoms with Crippen LogP contribution in [0.25, 0.3) is 0 Å². The Morgan fingerprint density at radius 3 is 2.74 bits per heavy atom. The number of nitrogens with zero attached hydrogens (tertiary/aromatic N) is 1. The third-order valence-corrected chi connectivity index (χ3v) is 4.68. The Balaban J connectivity index is 1.71. The molecule has 0 bridgehead atoms. The van der Waals surface area contributed by atoms with Crippen LogP contribution in [0, 0.1) is 0 Å². The van der Waals surface area contributed by atoms with E-state index in [0.29, 0.717) is 18.5 Å². The highest BCUT2D eigenvalue weighted by Gasteiger charge is 2.35. The molecule has 0 radical (unpaired) electrons. The summed E-state index contributed by atoms with van der Waals surface area (Å²) >= 11 is 0. The van der Waals surface area contributed by atoms with Crippen molar-refractivity contribution in [1.82, 2.24) is 20.9 Å². The standard InChI is InChI=1S/C18H22N4O5/c23-14-8-11(17(26)21-12-4-2-6-20-18(12)27)7-13(15(14)24)22-16(25)10-3-1-5-19-9-10/h1,3,5,7,9,12-15,23-24H,2,4,6,8H2,(H,20,27)(H,21,26)(H,22,25)/t12-,13+,14+,15+/m0/s1. The van der Waals surface area contributed by atoms with Gasteiger partial charge >= 0.3 is 0 Å². The summed E-state index contributed by atoms with van der Waals surface area (Å²) in [5, 5.41) is 28.2. The van der Waals surface area contributed by atoms with Gasteiger partial charge in [-0.3, -0.25) is 19.4 Å². The molecule has 0 aromatic carbocycles. The molecule has 1 aromatic heterocycles. The second-order valence-electron chi connectivity index (χ2n) is 6.65. The van der Waals surface area contributed by atoms with E-state index in [1.165, 1.54) is 18.5 Å². The average Bonchev–Trinajstić information content (AvgIpc) is 2.67. The number of hydrogen-bond acceptors (Lipinski definition) is 6. The Kier molecular flexibility index (Phi) is 5.82. The van der Waals surface area contributed by atoms with Crippen molar-refractivity contribution in [3.8, 4) is 0 Å². The maximum atomic E-state index is 12.5. The second kappa shape index (κ2) is 8.28. The van der Waals surface area contributed by atoms with E-state index in [-0.39, 0.29) is 17.9 Å². The van der Waals surface area contributed by atoms with E-state index in [9.17, 15) is 24.6 Å². The van der Waals surface area contributed by atoms with Crippen molar-refractivity contribution in [1.29, 1.82) is 0 Å². The number of hydrogen-bond donors (Lipinski definition) is 5.